The first-order chi connectivity index (χ1) is 12.4. The van der Waals surface area contributed by atoms with Gasteiger partial charge in [0.05, 0.1) is 12.2 Å². The van der Waals surface area contributed by atoms with Crippen LogP contribution in [0.2, 0.25) is 0 Å². The van der Waals surface area contributed by atoms with Gasteiger partial charge in [-0.15, -0.1) is 0 Å². The number of likely N-dealkylation sites (tertiary alicyclic amines) is 1. The molecule has 1 N–H and O–H groups in total. The number of carbonyl (C=O) groups is 1. The predicted molar refractivity (Wildman–Crippen MR) is 99.7 cm³/mol. The van der Waals surface area contributed by atoms with Crippen molar-refractivity contribution in [3.05, 3.63) is 0 Å². The van der Waals surface area contributed by atoms with Crippen molar-refractivity contribution in [1.82, 2.24) is 19.6 Å². The van der Waals surface area contributed by atoms with Crippen LogP contribution in [0.25, 0.3) is 0 Å². The lowest BCUT2D eigenvalue weighted by atomic mass is 9.75. The van der Waals surface area contributed by atoms with Crippen LogP contribution < -0.4 is 5.43 Å². The van der Waals surface area contributed by atoms with E-state index in [1.54, 1.807) is 4.31 Å². The lowest BCUT2D eigenvalue weighted by molar-refractivity contribution is -0.135. The number of rotatable bonds is 3. The number of carbonyl (C=O) groups excluding carboxylic acids is 1. The van der Waals surface area contributed by atoms with Crippen LogP contribution in [0, 0.1) is 17.8 Å². The van der Waals surface area contributed by atoms with Crippen LogP contribution >= 0.6 is 0 Å². The molecule has 1 amide bonds. The quantitative estimate of drug-likeness (QED) is 0.767. The summed E-state index contributed by atoms with van der Waals surface area (Å²) < 4.78 is 25.1. The molecule has 3 unspecified atom stereocenters. The molecule has 4 aliphatic heterocycles. The first-order valence-electron chi connectivity index (χ1n) is 10.2. The summed E-state index contributed by atoms with van der Waals surface area (Å²) in [6.45, 7) is 4.95. The zero-order chi connectivity index (χ0) is 18.3. The Hall–Kier alpha value is -0.700. The summed E-state index contributed by atoms with van der Waals surface area (Å²) in [5.41, 5.74) is 3.46. The van der Waals surface area contributed by atoms with Crippen LogP contribution in [0.4, 0.5) is 0 Å². The van der Waals surface area contributed by atoms with Gasteiger partial charge in [0.1, 0.15) is 0 Å². The number of hydrazine groups is 1. The monoisotopic (exact) mass is 384 g/mol. The molecule has 4 heterocycles. The Kier molecular flexibility index (Phi) is 5.29. The predicted octanol–water partition coefficient (Wildman–Crippen LogP) is 0.495. The Balaban J connectivity index is 1.37. The molecular formula is C18H32N4O3S. The number of piperidine rings is 2. The van der Waals surface area contributed by atoms with Crippen molar-refractivity contribution in [2.24, 2.45) is 17.8 Å². The second-order valence-electron chi connectivity index (χ2n) is 8.55. The molecule has 4 saturated heterocycles. The third-order valence-corrected chi connectivity index (χ3v) is 8.34. The smallest absolute Gasteiger partial charge is 0.228 e. The molecule has 7 nitrogen and oxygen atoms in total. The highest BCUT2D eigenvalue weighted by Gasteiger charge is 2.45. The molecule has 3 atom stereocenters. The highest BCUT2D eigenvalue weighted by atomic mass is 32.2. The van der Waals surface area contributed by atoms with E-state index in [-0.39, 0.29) is 5.92 Å². The average Bonchev–Trinajstić information content (AvgIpc) is 3.30. The van der Waals surface area contributed by atoms with Gasteiger partial charge in [-0.1, -0.05) is 0 Å². The van der Waals surface area contributed by atoms with Gasteiger partial charge in [0, 0.05) is 45.3 Å². The number of hydrogen-bond donors (Lipinski definition) is 1. The van der Waals surface area contributed by atoms with Crippen LogP contribution in [-0.2, 0) is 14.8 Å². The van der Waals surface area contributed by atoms with Gasteiger partial charge in [0.25, 0.3) is 0 Å². The van der Waals surface area contributed by atoms with Crippen LogP contribution in [0.5, 0.6) is 0 Å². The second kappa shape index (κ2) is 7.37. The minimum absolute atomic E-state index is 0.0898. The van der Waals surface area contributed by atoms with E-state index in [0.29, 0.717) is 36.9 Å². The Morgan fingerprint density at radius 2 is 1.62 bits per heavy atom. The van der Waals surface area contributed by atoms with E-state index in [9.17, 15) is 13.2 Å². The standard InChI is InChI=1S/C18H32N4O3S/c1-26(24,25)21-9-4-14(5-10-21)15-6-11-22-17(12-15)16(13-19-22)18(23)20-7-2-3-8-20/h14-17,19H,2-13H2,1H3. The third kappa shape index (κ3) is 3.66. The molecule has 0 aliphatic carbocycles. The number of fused-ring (bicyclic) bond motifs is 1. The normalized spacial score (nSPS) is 35.0. The van der Waals surface area contributed by atoms with Crippen molar-refractivity contribution in [2.45, 2.75) is 44.6 Å². The molecule has 0 saturated carbocycles. The highest BCUT2D eigenvalue weighted by molar-refractivity contribution is 7.88. The van der Waals surface area contributed by atoms with E-state index in [2.05, 4.69) is 15.3 Å². The molecule has 0 aromatic rings. The maximum absolute atomic E-state index is 12.9. The van der Waals surface area contributed by atoms with E-state index in [4.69, 9.17) is 0 Å². The van der Waals surface area contributed by atoms with E-state index in [1.807, 2.05) is 0 Å². The van der Waals surface area contributed by atoms with Crippen molar-refractivity contribution < 1.29 is 13.2 Å². The Morgan fingerprint density at radius 3 is 2.27 bits per heavy atom. The van der Waals surface area contributed by atoms with Gasteiger partial charge in [0.15, 0.2) is 0 Å². The van der Waals surface area contributed by atoms with Gasteiger partial charge in [-0.3, -0.25) is 10.2 Å². The lowest BCUT2D eigenvalue weighted by Crippen LogP contribution is -2.49. The van der Waals surface area contributed by atoms with Gasteiger partial charge in [-0.25, -0.2) is 17.7 Å². The van der Waals surface area contributed by atoms with Gasteiger partial charge in [0.2, 0.25) is 15.9 Å². The van der Waals surface area contributed by atoms with Crippen LogP contribution in [0.15, 0.2) is 0 Å². The fourth-order valence-corrected chi connectivity index (χ4v) is 6.36. The molecule has 0 radical (unpaired) electrons. The molecule has 8 heteroatoms. The van der Waals surface area contributed by atoms with Crippen molar-refractivity contribution in [3.63, 3.8) is 0 Å². The fraction of sp³-hybridized carbons (Fsp3) is 0.944. The number of nitrogens with zero attached hydrogens (tertiary/aromatic N) is 3. The van der Waals surface area contributed by atoms with E-state index in [0.717, 1.165) is 64.7 Å². The molecule has 0 aromatic heterocycles. The minimum Gasteiger partial charge on any atom is -0.342 e. The Labute approximate surface area is 157 Å². The van der Waals surface area contributed by atoms with Gasteiger partial charge >= 0.3 is 0 Å². The van der Waals surface area contributed by atoms with Crippen LogP contribution in [0.3, 0.4) is 0 Å². The molecule has 0 bridgehead atoms. The van der Waals surface area contributed by atoms with Crippen LogP contribution in [-0.4, -0.2) is 80.1 Å². The highest BCUT2D eigenvalue weighted by Crippen LogP contribution is 2.38. The van der Waals surface area contributed by atoms with Crippen molar-refractivity contribution in [2.75, 3.05) is 45.5 Å². The SMILES string of the molecule is CS(=O)(=O)N1CCC(C2CCN3NCC(C(=O)N4CCCC4)C3C2)CC1. The number of sulfonamides is 1. The fourth-order valence-electron chi connectivity index (χ4n) is 5.49. The maximum atomic E-state index is 12.9. The second-order valence-corrected chi connectivity index (χ2v) is 10.5. The van der Waals surface area contributed by atoms with Crippen molar-refractivity contribution in [3.8, 4) is 0 Å². The summed E-state index contributed by atoms with van der Waals surface area (Å²) in [7, 11) is -3.06. The summed E-state index contributed by atoms with van der Waals surface area (Å²) in [4.78, 5) is 15.0. The Bertz CT molecular complexity index is 626. The summed E-state index contributed by atoms with van der Waals surface area (Å²) in [5, 5.41) is 2.31. The number of nitrogens with one attached hydrogen (secondary N) is 1. The number of hydrogen-bond acceptors (Lipinski definition) is 5. The van der Waals surface area contributed by atoms with Crippen LogP contribution in [0.1, 0.15) is 38.5 Å². The zero-order valence-corrected chi connectivity index (χ0v) is 16.6. The molecule has 0 spiro atoms. The van der Waals surface area contributed by atoms with Crippen molar-refractivity contribution in [1.29, 1.82) is 0 Å². The van der Waals surface area contributed by atoms with Gasteiger partial charge < -0.3 is 4.90 Å². The van der Waals surface area contributed by atoms with Gasteiger partial charge in [-0.2, -0.15) is 0 Å². The third-order valence-electron chi connectivity index (χ3n) is 7.03. The molecule has 148 valence electrons. The molecule has 0 aromatic carbocycles. The topological polar surface area (TPSA) is 73.0 Å². The lowest BCUT2D eigenvalue weighted by Gasteiger charge is -2.42. The maximum Gasteiger partial charge on any atom is 0.228 e. The zero-order valence-electron chi connectivity index (χ0n) is 15.8. The van der Waals surface area contributed by atoms with E-state index in [1.165, 1.54) is 6.26 Å². The summed E-state index contributed by atoms with van der Waals surface area (Å²) in [6, 6.07) is 0.315. The summed E-state index contributed by atoms with van der Waals surface area (Å²) in [5.74, 6) is 1.65. The molecule has 4 rings (SSSR count). The van der Waals surface area contributed by atoms with E-state index >= 15 is 0 Å². The molecule has 4 fully saturated rings. The first-order valence-corrected chi connectivity index (χ1v) is 12.0. The Morgan fingerprint density at radius 1 is 0.962 bits per heavy atom. The molecular weight excluding hydrogens is 352 g/mol. The molecule has 4 aliphatic rings. The van der Waals surface area contributed by atoms with Crippen molar-refractivity contribution >= 4 is 15.9 Å². The largest absolute Gasteiger partial charge is 0.342 e. The number of amides is 1. The summed E-state index contributed by atoms with van der Waals surface area (Å²) >= 11 is 0. The average molecular weight is 385 g/mol. The van der Waals surface area contributed by atoms with Gasteiger partial charge in [-0.05, 0) is 50.4 Å². The molecule has 26 heavy (non-hydrogen) atoms. The minimum atomic E-state index is -3.06. The van der Waals surface area contributed by atoms with E-state index < -0.39 is 10.0 Å². The summed E-state index contributed by atoms with van der Waals surface area (Å²) in [6.07, 6.45) is 7.73. The first kappa shape index (κ1) is 18.7.